The fourth-order valence-corrected chi connectivity index (χ4v) is 5.57. The molecule has 0 amide bonds. The van der Waals surface area contributed by atoms with E-state index in [2.05, 4.69) is 35.0 Å². The first-order valence-corrected chi connectivity index (χ1v) is 13.4. The second kappa shape index (κ2) is 12.1. The molecule has 3 aromatic rings. The van der Waals surface area contributed by atoms with Crippen molar-refractivity contribution in [2.45, 2.75) is 63.1 Å². The van der Waals surface area contributed by atoms with Crippen LogP contribution in [0, 0.1) is 6.92 Å². The molecule has 1 aliphatic heterocycles. The maximum absolute atomic E-state index is 13.0. The van der Waals surface area contributed by atoms with Gasteiger partial charge in [0.15, 0.2) is 0 Å². The predicted octanol–water partition coefficient (Wildman–Crippen LogP) is 7.89. The summed E-state index contributed by atoms with van der Waals surface area (Å²) in [6.07, 6.45) is 4.23. The number of likely N-dealkylation sites (tertiary alicyclic amines) is 1. The highest BCUT2D eigenvalue weighted by atomic mass is 32.2. The van der Waals surface area contributed by atoms with Crippen LogP contribution in [-0.4, -0.2) is 35.3 Å². The smallest absolute Gasteiger partial charge is 0.416 e. The van der Waals surface area contributed by atoms with E-state index in [4.69, 9.17) is 4.74 Å². The average molecular weight is 503 g/mol. The zero-order valence-corrected chi connectivity index (χ0v) is 21.1. The number of hydrogen-bond acceptors (Lipinski definition) is 4. The number of nitrogens with zero attached hydrogens (tertiary/aromatic N) is 2. The van der Waals surface area contributed by atoms with Crippen molar-refractivity contribution in [3.63, 3.8) is 0 Å². The highest BCUT2D eigenvalue weighted by molar-refractivity contribution is 7.99. The lowest BCUT2D eigenvalue weighted by atomic mass is 10.1. The number of alkyl halides is 3. The number of thioether (sulfide) groups is 1. The Bertz CT molecular complexity index is 1110. The number of aromatic nitrogens is 1. The van der Waals surface area contributed by atoms with E-state index >= 15 is 0 Å². The summed E-state index contributed by atoms with van der Waals surface area (Å²) in [4.78, 5) is 7.63. The summed E-state index contributed by atoms with van der Waals surface area (Å²) in [5.74, 6) is 1.87. The van der Waals surface area contributed by atoms with E-state index in [0.29, 0.717) is 12.1 Å². The third-order valence-electron chi connectivity index (χ3n) is 6.43. The molecule has 0 unspecified atom stereocenters. The van der Waals surface area contributed by atoms with Gasteiger partial charge in [0.05, 0.1) is 17.7 Å². The molecule has 0 saturated carbocycles. The normalized spacial score (nSPS) is 15.0. The van der Waals surface area contributed by atoms with Crippen LogP contribution in [0.4, 0.5) is 13.2 Å². The molecular formula is C28H33F3N2OS. The number of piperidine rings is 1. The molecule has 7 heteroatoms. The molecule has 1 aromatic heterocycles. The molecule has 3 nitrogen and oxygen atoms in total. The number of fused-ring (bicyclic) bond motifs is 1. The number of ether oxygens (including phenoxy) is 1. The van der Waals surface area contributed by atoms with E-state index < -0.39 is 11.7 Å². The van der Waals surface area contributed by atoms with Crippen LogP contribution in [-0.2, 0) is 12.7 Å². The molecule has 0 aliphatic carbocycles. The minimum atomic E-state index is -4.35. The highest BCUT2D eigenvalue weighted by Crippen LogP contribution is 2.34. The molecular weight excluding hydrogens is 469 g/mol. The molecule has 1 fully saturated rings. The van der Waals surface area contributed by atoms with Crippen LogP contribution in [0.25, 0.3) is 10.9 Å². The van der Waals surface area contributed by atoms with Crippen LogP contribution in [0.1, 0.15) is 55.2 Å². The first kappa shape index (κ1) is 25.8. The van der Waals surface area contributed by atoms with Gasteiger partial charge in [0.1, 0.15) is 5.75 Å². The second-order valence-electron chi connectivity index (χ2n) is 9.23. The number of pyridine rings is 1. The summed E-state index contributed by atoms with van der Waals surface area (Å²) in [7, 11) is 0. The lowest BCUT2D eigenvalue weighted by Crippen LogP contribution is -2.29. The van der Waals surface area contributed by atoms with Crippen molar-refractivity contribution in [1.82, 2.24) is 9.88 Å². The Morgan fingerprint density at radius 1 is 0.971 bits per heavy atom. The van der Waals surface area contributed by atoms with E-state index in [0.717, 1.165) is 59.7 Å². The summed E-state index contributed by atoms with van der Waals surface area (Å²) in [5.41, 5.74) is 2.27. The van der Waals surface area contributed by atoms with Gasteiger partial charge in [0.25, 0.3) is 0 Å². The third kappa shape index (κ3) is 7.37. The molecule has 0 N–H and O–H groups in total. The van der Waals surface area contributed by atoms with Crippen LogP contribution < -0.4 is 4.74 Å². The van der Waals surface area contributed by atoms with E-state index in [1.54, 1.807) is 18.0 Å². The fourth-order valence-electron chi connectivity index (χ4n) is 4.52. The second-order valence-corrected chi connectivity index (χ2v) is 10.4. The van der Waals surface area contributed by atoms with Gasteiger partial charge in [-0.3, -0.25) is 9.88 Å². The van der Waals surface area contributed by atoms with Crippen LogP contribution in [0.15, 0.2) is 53.6 Å². The van der Waals surface area contributed by atoms with Crippen LogP contribution in [0.5, 0.6) is 5.75 Å². The summed E-state index contributed by atoms with van der Waals surface area (Å²) in [6, 6.07) is 12.2. The van der Waals surface area contributed by atoms with Crippen molar-refractivity contribution in [2.24, 2.45) is 0 Å². The SMILES string of the molecule is Cc1cc(CN2CCCCC2)ccc1OCCCCCSc1ccnc2cc(C(F)(F)F)ccc12. The number of benzene rings is 2. The lowest BCUT2D eigenvalue weighted by molar-refractivity contribution is -0.137. The van der Waals surface area contributed by atoms with Gasteiger partial charge < -0.3 is 4.74 Å². The quantitative estimate of drug-likeness (QED) is 0.208. The molecule has 35 heavy (non-hydrogen) atoms. The number of halogens is 3. The summed E-state index contributed by atoms with van der Waals surface area (Å²) in [6.45, 7) is 6.23. The maximum Gasteiger partial charge on any atom is 0.416 e. The van der Waals surface area contributed by atoms with E-state index in [1.807, 2.05) is 6.07 Å². The number of hydrogen-bond donors (Lipinski definition) is 0. The minimum absolute atomic E-state index is 0.385. The van der Waals surface area contributed by atoms with Gasteiger partial charge in [-0.05, 0) is 93.3 Å². The minimum Gasteiger partial charge on any atom is -0.493 e. The summed E-state index contributed by atoms with van der Waals surface area (Å²) in [5, 5.41) is 0.771. The molecule has 2 heterocycles. The Hall–Kier alpha value is -2.25. The first-order chi connectivity index (χ1) is 16.9. The number of unbranched alkanes of at least 4 members (excludes halogenated alkanes) is 2. The highest BCUT2D eigenvalue weighted by Gasteiger charge is 2.30. The molecule has 1 saturated heterocycles. The van der Waals surface area contributed by atoms with E-state index in [-0.39, 0.29) is 0 Å². The number of rotatable bonds is 10. The number of aryl methyl sites for hydroxylation is 1. The Morgan fingerprint density at radius 2 is 1.80 bits per heavy atom. The van der Waals surface area contributed by atoms with E-state index in [1.165, 1.54) is 49.5 Å². The van der Waals surface area contributed by atoms with Gasteiger partial charge >= 0.3 is 6.18 Å². The monoisotopic (exact) mass is 502 g/mol. The average Bonchev–Trinajstić information content (AvgIpc) is 2.84. The van der Waals surface area contributed by atoms with Crippen molar-refractivity contribution >= 4 is 22.7 Å². The van der Waals surface area contributed by atoms with Gasteiger partial charge in [-0.25, -0.2) is 0 Å². The molecule has 0 radical (unpaired) electrons. The third-order valence-corrected chi connectivity index (χ3v) is 7.59. The lowest BCUT2D eigenvalue weighted by Gasteiger charge is -2.26. The summed E-state index contributed by atoms with van der Waals surface area (Å²) >= 11 is 1.67. The molecule has 0 bridgehead atoms. The van der Waals surface area contributed by atoms with Crippen LogP contribution in [0.2, 0.25) is 0 Å². The van der Waals surface area contributed by atoms with Gasteiger partial charge in [-0.1, -0.05) is 24.6 Å². The molecule has 0 atom stereocenters. The predicted molar refractivity (Wildman–Crippen MR) is 137 cm³/mol. The Labute approximate surface area is 210 Å². The Morgan fingerprint density at radius 3 is 2.57 bits per heavy atom. The van der Waals surface area contributed by atoms with Crippen molar-refractivity contribution in [1.29, 1.82) is 0 Å². The Kier molecular flexibility index (Phi) is 8.95. The summed E-state index contributed by atoms with van der Waals surface area (Å²) < 4.78 is 44.9. The molecule has 1 aliphatic rings. The van der Waals surface area contributed by atoms with Gasteiger partial charge in [-0.2, -0.15) is 13.2 Å². The standard InChI is InChI=1S/C28H33F3N2OS/c1-21-18-22(20-33-14-4-2-5-15-33)8-11-26(21)34-16-6-3-7-17-35-27-12-13-32-25-19-23(28(29,30)31)9-10-24(25)27/h8-13,18-19H,2-7,14-17,20H2,1H3. The van der Waals surface area contributed by atoms with Gasteiger partial charge in [-0.15, -0.1) is 11.8 Å². The Balaban J connectivity index is 1.17. The topological polar surface area (TPSA) is 25.4 Å². The zero-order chi connectivity index (χ0) is 24.7. The van der Waals surface area contributed by atoms with Crippen molar-refractivity contribution < 1.29 is 17.9 Å². The van der Waals surface area contributed by atoms with Crippen LogP contribution in [0.3, 0.4) is 0 Å². The fraction of sp³-hybridized carbons (Fsp3) is 0.464. The molecule has 2 aromatic carbocycles. The van der Waals surface area contributed by atoms with Crippen molar-refractivity contribution in [2.75, 3.05) is 25.4 Å². The van der Waals surface area contributed by atoms with Crippen molar-refractivity contribution in [3.8, 4) is 5.75 Å². The van der Waals surface area contributed by atoms with Crippen LogP contribution >= 0.6 is 11.8 Å². The van der Waals surface area contributed by atoms with Gasteiger partial charge in [0, 0.05) is 23.0 Å². The maximum atomic E-state index is 13.0. The molecule has 4 rings (SSSR count). The van der Waals surface area contributed by atoms with Gasteiger partial charge in [0.2, 0.25) is 0 Å². The molecule has 0 spiro atoms. The molecule has 188 valence electrons. The largest absolute Gasteiger partial charge is 0.493 e. The zero-order valence-electron chi connectivity index (χ0n) is 20.2. The van der Waals surface area contributed by atoms with Crippen molar-refractivity contribution in [3.05, 3.63) is 65.4 Å². The first-order valence-electron chi connectivity index (χ1n) is 12.4. The van der Waals surface area contributed by atoms with E-state index in [9.17, 15) is 13.2 Å².